The predicted octanol–water partition coefficient (Wildman–Crippen LogP) is 0.0229. The molecule has 1 unspecified atom stereocenters. The fraction of sp³-hybridized carbons (Fsp3) is 0.200. The molecule has 2 rings (SSSR count). The maximum Gasteiger partial charge on any atom is 0.245 e. The zero-order chi connectivity index (χ0) is 10.8. The summed E-state index contributed by atoms with van der Waals surface area (Å²) in [6, 6.07) is 5.98. The van der Waals surface area contributed by atoms with Crippen LogP contribution in [0.1, 0.15) is 5.56 Å². The van der Waals surface area contributed by atoms with Gasteiger partial charge in [-0.15, -0.1) is 0 Å². The van der Waals surface area contributed by atoms with E-state index in [0.717, 1.165) is 0 Å². The van der Waals surface area contributed by atoms with Crippen LogP contribution in [0.25, 0.3) is 0 Å². The second kappa shape index (κ2) is 3.61. The van der Waals surface area contributed by atoms with Gasteiger partial charge in [0.15, 0.2) is 6.04 Å². The third-order valence-corrected chi connectivity index (χ3v) is 2.11. The smallest absolute Gasteiger partial charge is 0.245 e. The number of nitrogens with two attached hydrogens (primary N) is 1. The molecule has 1 aliphatic heterocycles. The summed E-state index contributed by atoms with van der Waals surface area (Å²) in [5.74, 6) is -0.196. The number of ether oxygens (including phenoxy) is 1. The first-order valence-electron chi connectivity index (χ1n) is 4.47. The number of phenols is 1. The summed E-state index contributed by atoms with van der Waals surface area (Å²) in [6.45, 7) is 0.138. The highest BCUT2D eigenvalue weighted by Crippen LogP contribution is 2.20. The number of nitrogens with zero attached hydrogens (tertiary/aromatic N) is 1. The van der Waals surface area contributed by atoms with Gasteiger partial charge in [0.1, 0.15) is 12.4 Å². The van der Waals surface area contributed by atoms with Crippen molar-refractivity contribution >= 4 is 11.8 Å². The van der Waals surface area contributed by atoms with E-state index < -0.39 is 11.9 Å². The van der Waals surface area contributed by atoms with Gasteiger partial charge in [-0.1, -0.05) is 12.1 Å². The van der Waals surface area contributed by atoms with Crippen molar-refractivity contribution in [3.8, 4) is 5.75 Å². The Labute approximate surface area is 86.2 Å². The lowest BCUT2D eigenvalue weighted by Crippen LogP contribution is -2.27. The summed E-state index contributed by atoms with van der Waals surface area (Å²) in [5, 5.41) is 9.52. The monoisotopic (exact) mass is 206 g/mol. The van der Waals surface area contributed by atoms with Gasteiger partial charge in [0.05, 0.1) is 5.56 Å². The number of rotatable bonds is 2. The molecule has 0 saturated heterocycles. The number of amides is 1. The lowest BCUT2D eigenvalue weighted by molar-refractivity contribution is -0.119. The van der Waals surface area contributed by atoms with E-state index in [1.165, 1.54) is 6.07 Å². The summed E-state index contributed by atoms with van der Waals surface area (Å²) in [7, 11) is 0. The molecule has 0 radical (unpaired) electrons. The van der Waals surface area contributed by atoms with Crippen LogP contribution in [0.3, 0.4) is 0 Å². The van der Waals surface area contributed by atoms with Crippen LogP contribution in [0.5, 0.6) is 5.75 Å². The van der Waals surface area contributed by atoms with E-state index in [9.17, 15) is 9.90 Å². The van der Waals surface area contributed by atoms with Crippen LogP contribution in [0.2, 0.25) is 0 Å². The molecule has 0 bridgehead atoms. The summed E-state index contributed by atoms with van der Waals surface area (Å²) in [5.41, 5.74) is 5.56. The molecule has 1 aromatic carbocycles. The molecule has 78 valence electrons. The van der Waals surface area contributed by atoms with Gasteiger partial charge in [-0.2, -0.15) is 0 Å². The molecule has 1 heterocycles. The second-order valence-electron chi connectivity index (χ2n) is 3.18. The molecule has 0 saturated carbocycles. The first-order chi connectivity index (χ1) is 7.18. The molecule has 0 fully saturated rings. The fourth-order valence-corrected chi connectivity index (χ4v) is 1.32. The molecule has 1 aromatic rings. The third kappa shape index (κ3) is 1.76. The van der Waals surface area contributed by atoms with E-state index in [0.29, 0.717) is 5.56 Å². The quantitative estimate of drug-likeness (QED) is 0.715. The van der Waals surface area contributed by atoms with E-state index in [2.05, 4.69) is 4.99 Å². The molecule has 1 amide bonds. The minimum Gasteiger partial charge on any atom is -0.507 e. The third-order valence-electron chi connectivity index (χ3n) is 2.11. The Kier molecular flexibility index (Phi) is 2.29. The van der Waals surface area contributed by atoms with Gasteiger partial charge in [-0.05, 0) is 12.1 Å². The van der Waals surface area contributed by atoms with Gasteiger partial charge in [0.25, 0.3) is 0 Å². The second-order valence-corrected chi connectivity index (χ2v) is 3.18. The molecule has 5 nitrogen and oxygen atoms in total. The Balaban J connectivity index is 2.30. The normalized spacial score (nSPS) is 19.5. The van der Waals surface area contributed by atoms with E-state index >= 15 is 0 Å². The maximum atomic E-state index is 10.8. The van der Waals surface area contributed by atoms with Gasteiger partial charge in [-0.3, -0.25) is 4.79 Å². The van der Waals surface area contributed by atoms with Crippen molar-refractivity contribution in [3.05, 3.63) is 29.8 Å². The van der Waals surface area contributed by atoms with E-state index in [4.69, 9.17) is 10.5 Å². The highest BCUT2D eigenvalue weighted by atomic mass is 16.5. The summed E-state index contributed by atoms with van der Waals surface area (Å²) in [4.78, 5) is 14.8. The molecule has 15 heavy (non-hydrogen) atoms. The molecular formula is C10H10N2O3. The van der Waals surface area contributed by atoms with Crippen LogP contribution in [0, 0.1) is 0 Å². The average molecular weight is 206 g/mol. The van der Waals surface area contributed by atoms with Crippen molar-refractivity contribution in [2.75, 3.05) is 6.61 Å². The molecule has 1 atom stereocenters. The van der Waals surface area contributed by atoms with Crippen molar-refractivity contribution in [3.63, 3.8) is 0 Å². The predicted molar refractivity (Wildman–Crippen MR) is 53.6 cm³/mol. The summed E-state index contributed by atoms with van der Waals surface area (Å²) in [6.07, 6.45) is 0. The number of phenolic OH excluding ortho intramolecular Hbond substituents is 1. The van der Waals surface area contributed by atoms with Crippen LogP contribution in [0.15, 0.2) is 29.3 Å². The number of para-hydroxylation sites is 1. The van der Waals surface area contributed by atoms with Crippen molar-refractivity contribution in [2.45, 2.75) is 6.04 Å². The van der Waals surface area contributed by atoms with Crippen LogP contribution >= 0.6 is 0 Å². The van der Waals surface area contributed by atoms with Crippen molar-refractivity contribution in [1.82, 2.24) is 0 Å². The van der Waals surface area contributed by atoms with Gasteiger partial charge in [0, 0.05) is 0 Å². The van der Waals surface area contributed by atoms with Gasteiger partial charge < -0.3 is 15.6 Å². The highest BCUT2D eigenvalue weighted by Gasteiger charge is 2.25. The molecule has 1 aliphatic rings. The first kappa shape index (κ1) is 9.51. The van der Waals surface area contributed by atoms with Crippen LogP contribution in [-0.2, 0) is 9.53 Å². The largest absolute Gasteiger partial charge is 0.507 e. The van der Waals surface area contributed by atoms with E-state index in [-0.39, 0.29) is 18.3 Å². The molecular weight excluding hydrogens is 196 g/mol. The molecule has 0 aromatic heterocycles. The van der Waals surface area contributed by atoms with Crippen molar-refractivity contribution in [1.29, 1.82) is 0 Å². The Bertz CT molecular complexity index is 428. The van der Waals surface area contributed by atoms with Crippen LogP contribution in [0.4, 0.5) is 0 Å². The number of benzene rings is 1. The fourth-order valence-electron chi connectivity index (χ4n) is 1.32. The zero-order valence-corrected chi connectivity index (χ0v) is 7.88. The lowest BCUT2D eigenvalue weighted by atomic mass is 10.2. The van der Waals surface area contributed by atoms with E-state index in [1.54, 1.807) is 18.2 Å². The average Bonchev–Trinajstić information content (AvgIpc) is 2.67. The molecule has 5 heteroatoms. The number of carbonyl (C=O) groups is 1. The molecule has 3 N–H and O–H groups in total. The molecule has 0 aliphatic carbocycles. The Morgan fingerprint density at radius 3 is 2.87 bits per heavy atom. The van der Waals surface area contributed by atoms with Gasteiger partial charge >= 0.3 is 0 Å². The number of primary amides is 1. The molecule has 0 spiro atoms. The van der Waals surface area contributed by atoms with Crippen molar-refractivity contribution < 1.29 is 14.6 Å². The minimum atomic E-state index is -0.653. The van der Waals surface area contributed by atoms with Gasteiger partial charge in [-0.25, -0.2) is 4.99 Å². The summed E-state index contributed by atoms with van der Waals surface area (Å²) >= 11 is 0. The SMILES string of the molecule is NC(=O)C1COC(c2ccccc2O)=N1. The maximum absolute atomic E-state index is 10.8. The Hall–Kier alpha value is -2.04. The van der Waals surface area contributed by atoms with Crippen LogP contribution < -0.4 is 5.73 Å². The van der Waals surface area contributed by atoms with Crippen LogP contribution in [-0.4, -0.2) is 29.6 Å². The van der Waals surface area contributed by atoms with E-state index in [1.807, 2.05) is 0 Å². The Morgan fingerprint density at radius 2 is 2.27 bits per heavy atom. The topological polar surface area (TPSA) is 84.9 Å². The van der Waals surface area contributed by atoms with Gasteiger partial charge in [0.2, 0.25) is 11.8 Å². The highest BCUT2D eigenvalue weighted by molar-refractivity contribution is 6.00. The minimum absolute atomic E-state index is 0.0707. The number of aliphatic imine (C=N–C) groups is 1. The first-order valence-corrected chi connectivity index (χ1v) is 4.47. The zero-order valence-electron chi connectivity index (χ0n) is 7.88. The number of hydrogen-bond acceptors (Lipinski definition) is 4. The number of aromatic hydroxyl groups is 1. The summed E-state index contributed by atoms with van der Waals surface area (Å²) < 4.78 is 5.18. The van der Waals surface area contributed by atoms with Crippen molar-refractivity contribution in [2.24, 2.45) is 10.7 Å². The number of carbonyl (C=O) groups excluding carboxylic acids is 1. The standard InChI is InChI=1S/C10H10N2O3/c11-9(14)7-5-15-10(12-7)6-3-1-2-4-8(6)13/h1-4,7,13H,5H2,(H2,11,14). The number of hydrogen-bond donors (Lipinski definition) is 2. The Morgan fingerprint density at radius 1 is 1.53 bits per heavy atom. The lowest BCUT2D eigenvalue weighted by Gasteiger charge is -2.02.